The van der Waals surface area contributed by atoms with E-state index in [1.165, 1.54) is 33.4 Å². The maximum absolute atomic E-state index is 12.1. The van der Waals surface area contributed by atoms with Gasteiger partial charge in [0.1, 0.15) is 0 Å². The van der Waals surface area contributed by atoms with E-state index in [0.717, 1.165) is 32.5 Å². The largest absolute Gasteiger partial charge is 0.302 e. The quantitative estimate of drug-likeness (QED) is 0.374. The van der Waals surface area contributed by atoms with Gasteiger partial charge in [-0.1, -0.05) is 94.0 Å². The Bertz CT molecular complexity index is 1030. The first kappa shape index (κ1) is 23.5. The van der Waals surface area contributed by atoms with Crippen molar-refractivity contribution in [2.75, 3.05) is 19.6 Å². The fraction of sp³-hybridized carbons (Fsp3) is 0.414. The number of benzene rings is 2. The molecule has 0 saturated carbocycles. The van der Waals surface area contributed by atoms with E-state index >= 15 is 0 Å². The lowest BCUT2D eigenvalue weighted by Gasteiger charge is -2.39. The van der Waals surface area contributed by atoms with Crippen molar-refractivity contribution in [3.05, 3.63) is 76.4 Å². The lowest BCUT2D eigenvalue weighted by Crippen LogP contribution is -2.43. The van der Waals surface area contributed by atoms with Gasteiger partial charge in [-0.05, 0) is 52.5 Å². The Morgan fingerprint density at radius 3 is 1.94 bits per heavy atom. The van der Waals surface area contributed by atoms with Crippen molar-refractivity contribution in [3.63, 3.8) is 0 Å². The molecule has 1 fully saturated rings. The van der Waals surface area contributed by atoms with Crippen molar-refractivity contribution in [2.24, 2.45) is 10.8 Å². The fourth-order valence-corrected chi connectivity index (χ4v) is 5.77. The monoisotopic (exact) mass is 444 g/mol. The highest BCUT2D eigenvalue weighted by Gasteiger charge is 2.36. The normalized spacial score (nSPS) is 16.8. The zero-order chi connectivity index (χ0) is 23.6. The number of nitrogens with zero attached hydrogens (tertiary/aromatic N) is 1. The zero-order valence-corrected chi connectivity index (χ0v) is 20.3. The Kier molecular flexibility index (Phi) is 6.60. The maximum Gasteiger partial charge on any atom is 0.249 e. The van der Waals surface area contributed by atoms with Crippen LogP contribution in [0.4, 0.5) is 0 Å². The van der Waals surface area contributed by atoms with E-state index in [1.54, 1.807) is 0 Å². The number of fused-ring (bicyclic) bond motifs is 2. The van der Waals surface area contributed by atoms with Gasteiger partial charge >= 0.3 is 0 Å². The third kappa shape index (κ3) is 5.13. The molecular formula is C29H36N2O2. The number of piperidine rings is 1. The molecule has 4 nitrogen and oxygen atoms in total. The summed E-state index contributed by atoms with van der Waals surface area (Å²) in [5, 5.41) is 9.08. The average molecular weight is 445 g/mol. The van der Waals surface area contributed by atoms with Crippen molar-refractivity contribution >= 4 is 23.6 Å². The van der Waals surface area contributed by atoms with Crippen LogP contribution in [-0.4, -0.2) is 35.6 Å². The molecule has 0 bridgehead atoms. The zero-order valence-electron chi connectivity index (χ0n) is 20.3. The average Bonchev–Trinajstić information content (AvgIpc) is 2.95. The first-order valence-electron chi connectivity index (χ1n) is 12.0. The molecule has 2 aromatic carbocycles. The van der Waals surface area contributed by atoms with Gasteiger partial charge in [-0.2, -0.15) is 0 Å². The van der Waals surface area contributed by atoms with E-state index in [-0.39, 0.29) is 11.3 Å². The first-order chi connectivity index (χ1) is 15.7. The molecule has 0 spiro atoms. The molecule has 2 aliphatic rings. The van der Waals surface area contributed by atoms with Crippen LogP contribution < -0.4 is 5.48 Å². The number of rotatable bonds is 5. The van der Waals surface area contributed by atoms with E-state index in [9.17, 15) is 4.79 Å². The molecule has 2 aromatic rings. The van der Waals surface area contributed by atoms with Gasteiger partial charge in [0.15, 0.2) is 0 Å². The molecule has 1 amide bonds. The lowest BCUT2D eigenvalue weighted by molar-refractivity contribution is -0.139. The van der Waals surface area contributed by atoms with Gasteiger partial charge in [-0.15, -0.1) is 0 Å². The fourth-order valence-electron chi connectivity index (χ4n) is 5.77. The summed E-state index contributed by atoms with van der Waals surface area (Å²) in [4.78, 5) is 14.6. The molecule has 0 radical (unpaired) electrons. The van der Waals surface area contributed by atoms with Crippen LogP contribution in [0.3, 0.4) is 0 Å². The van der Waals surface area contributed by atoms with Crippen molar-refractivity contribution in [1.29, 1.82) is 0 Å². The van der Waals surface area contributed by atoms with Crippen LogP contribution in [0.25, 0.3) is 17.7 Å². The van der Waals surface area contributed by atoms with E-state index in [1.807, 2.05) is 19.3 Å². The van der Waals surface area contributed by atoms with Gasteiger partial charge in [-0.25, -0.2) is 5.48 Å². The van der Waals surface area contributed by atoms with E-state index in [0.29, 0.717) is 6.42 Å². The maximum atomic E-state index is 12.1. The van der Waals surface area contributed by atoms with Crippen LogP contribution in [0.2, 0.25) is 0 Å². The molecule has 0 unspecified atom stereocenters. The molecule has 4 heteroatoms. The van der Waals surface area contributed by atoms with Crippen molar-refractivity contribution < 1.29 is 10.0 Å². The molecule has 0 aromatic heterocycles. The predicted molar refractivity (Wildman–Crippen MR) is 136 cm³/mol. The number of carbonyl (C=O) groups is 1. The molecule has 174 valence electrons. The highest BCUT2D eigenvalue weighted by atomic mass is 16.5. The number of likely N-dealkylation sites (tertiary alicyclic amines) is 1. The van der Waals surface area contributed by atoms with Gasteiger partial charge in [0, 0.05) is 25.0 Å². The smallest absolute Gasteiger partial charge is 0.249 e. The molecule has 2 N–H and O–H groups in total. The van der Waals surface area contributed by atoms with Gasteiger partial charge in [-0.3, -0.25) is 10.0 Å². The highest BCUT2D eigenvalue weighted by molar-refractivity contribution is 5.94. The SMILES string of the molecule is CC(C)(CN1CCC(=C2c3ccccc3C=Cc3ccccc32)CC1)CC(C)(C)C(=O)NO. The minimum absolute atomic E-state index is 0.0356. The summed E-state index contributed by atoms with van der Waals surface area (Å²) >= 11 is 0. The highest BCUT2D eigenvalue weighted by Crippen LogP contribution is 2.40. The third-order valence-corrected chi connectivity index (χ3v) is 7.00. The predicted octanol–water partition coefficient (Wildman–Crippen LogP) is 6.02. The summed E-state index contributed by atoms with van der Waals surface area (Å²) < 4.78 is 0. The number of hydrogen-bond acceptors (Lipinski definition) is 3. The number of hydroxylamine groups is 1. The third-order valence-electron chi connectivity index (χ3n) is 7.00. The molecule has 33 heavy (non-hydrogen) atoms. The molecule has 1 aliphatic heterocycles. The Morgan fingerprint density at radius 1 is 0.909 bits per heavy atom. The van der Waals surface area contributed by atoms with Crippen molar-refractivity contribution in [1.82, 2.24) is 10.4 Å². The first-order valence-corrected chi connectivity index (χ1v) is 12.0. The van der Waals surface area contributed by atoms with Crippen LogP contribution in [0.1, 0.15) is 69.2 Å². The number of nitrogens with one attached hydrogen (secondary N) is 1. The van der Waals surface area contributed by atoms with Crippen LogP contribution in [-0.2, 0) is 4.79 Å². The van der Waals surface area contributed by atoms with Crippen LogP contribution in [0.15, 0.2) is 54.1 Å². The molecular weight excluding hydrogens is 408 g/mol. The number of hydrogen-bond donors (Lipinski definition) is 2. The van der Waals surface area contributed by atoms with Crippen LogP contribution >= 0.6 is 0 Å². The summed E-state index contributed by atoms with van der Waals surface area (Å²) in [6.45, 7) is 11.2. The Balaban J connectivity index is 1.55. The topological polar surface area (TPSA) is 52.6 Å². The summed E-state index contributed by atoms with van der Waals surface area (Å²) in [6, 6.07) is 17.4. The second-order valence-corrected chi connectivity index (χ2v) is 10.9. The van der Waals surface area contributed by atoms with E-state index in [2.05, 4.69) is 79.4 Å². The Morgan fingerprint density at radius 2 is 1.42 bits per heavy atom. The summed E-state index contributed by atoms with van der Waals surface area (Å²) in [5.74, 6) is -0.319. The van der Waals surface area contributed by atoms with Crippen molar-refractivity contribution in [2.45, 2.75) is 47.0 Å². The Labute approximate surface area is 198 Å². The van der Waals surface area contributed by atoms with E-state index in [4.69, 9.17) is 5.21 Å². The molecule has 4 rings (SSSR count). The van der Waals surface area contributed by atoms with Gasteiger partial charge in [0.25, 0.3) is 0 Å². The van der Waals surface area contributed by atoms with Crippen molar-refractivity contribution in [3.8, 4) is 0 Å². The molecule has 1 aliphatic carbocycles. The second-order valence-electron chi connectivity index (χ2n) is 10.9. The lowest BCUT2D eigenvalue weighted by atomic mass is 9.74. The van der Waals surface area contributed by atoms with Gasteiger partial charge < -0.3 is 4.90 Å². The second kappa shape index (κ2) is 9.28. The molecule has 0 atom stereocenters. The Hall–Kier alpha value is -2.69. The van der Waals surface area contributed by atoms with E-state index < -0.39 is 5.41 Å². The minimum Gasteiger partial charge on any atom is -0.302 e. The van der Waals surface area contributed by atoms with Crippen LogP contribution in [0, 0.1) is 10.8 Å². The summed E-state index contributed by atoms with van der Waals surface area (Å²) in [5.41, 5.74) is 9.36. The number of carbonyl (C=O) groups excluding carboxylic acids is 1. The molecule has 1 heterocycles. The summed E-state index contributed by atoms with van der Waals surface area (Å²) in [7, 11) is 0. The standard InChI is InChI=1S/C29H36N2O2/c1-28(2,19-29(3,4)27(32)30-33)20-31-17-15-23(16-18-31)26-24-11-7-5-9-21(24)13-14-22-10-6-8-12-25(22)26/h5-14,33H,15-20H2,1-4H3,(H,30,32). The number of amides is 1. The minimum atomic E-state index is -0.609. The van der Waals surface area contributed by atoms with Gasteiger partial charge in [0.2, 0.25) is 5.91 Å². The van der Waals surface area contributed by atoms with Gasteiger partial charge in [0.05, 0.1) is 0 Å². The van der Waals surface area contributed by atoms with Crippen LogP contribution in [0.5, 0.6) is 0 Å². The summed E-state index contributed by atoms with van der Waals surface area (Å²) in [6.07, 6.45) is 7.29. The molecule has 1 saturated heterocycles.